The summed E-state index contributed by atoms with van der Waals surface area (Å²) in [6, 6.07) is 9.64. The Morgan fingerprint density at radius 2 is 2.20 bits per heavy atom. The van der Waals surface area contributed by atoms with E-state index in [4.69, 9.17) is 11.6 Å². The molecule has 1 amide bonds. The van der Waals surface area contributed by atoms with Gasteiger partial charge in [-0.05, 0) is 37.8 Å². The Morgan fingerprint density at radius 3 is 2.84 bits per heavy atom. The van der Waals surface area contributed by atoms with Crippen LogP contribution in [0.1, 0.15) is 19.8 Å². The van der Waals surface area contributed by atoms with Crippen LogP contribution in [0.15, 0.2) is 29.4 Å². The van der Waals surface area contributed by atoms with Gasteiger partial charge in [-0.3, -0.25) is 4.79 Å². The number of halogens is 1. The summed E-state index contributed by atoms with van der Waals surface area (Å²) >= 11 is 7.49. The van der Waals surface area contributed by atoms with Crippen molar-refractivity contribution >= 4 is 29.3 Å². The number of nitrogens with one attached hydrogen (secondary N) is 1. The van der Waals surface area contributed by atoms with Crippen LogP contribution in [0.25, 0.3) is 11.4 Å². The second-order valence-corrected chi connectivity index (χ2v) is 7.62. The number of thioether (sulfide) groups is 1. The van der Waals surface area contributed by atoms with Crippen LogP contribution in [0, 0.1) is 17.2 Å². The Balaban J connectivity index is 1.66. The first-order valence-corrected chi connectivity index (χ1v) is 9.30. The van der Waals surface area contributed by atoms with Gasteiger partial charge in [-0.1, -0.05) is 35.5 Å². The number of hydrogen-bond donors (Lipinski definition) is 1. The Hall–Kier alpha value is -2.04. The molecule has 0 radical (unpaired) electrons. The molecule has 1 saturated carbocycles. The third-order valence-corrected chi connectivity index (χ3v) is 5.66. The number of benzene rings is 1. The summed E-state index contributed by atoms with van der Waals surface area (Å²) in [6.07, 6.45) is 1.98. The minimum absolute atomic E-state index is 0.178. The molecule has 1 aromatic carbocycles. The molecule has 0 saturated heterocycles. The Bertz CT molecular complexity index is 842. The van der Waals surface area contributed by atoms with Crippen molar-refractivity contribution in [1.29, 1.82) is 5.26 Å². The molecule has 6 nitrogen and oxygen atoms in total. The highest BCUT2D eigenvalue weighted by Crippen LogP contribution is 2.39. The lowest BCUT2D eigenvalue weighted by Gasteiger charge is -2.22. The lowest BCUT2D eigenvalue weighted by atomic mass is 9.98. The number of rotatable bonds is 6. The van der Waals surface area contributed by atoms with Crippen molar-refractivity contribution in [3.8, 4) is 17.5 Å². The minimum atomic E-state index is -0.778. The predicted molar refractivity (Wildman–Crippen MR) is 97.1 cm³/mol. The van der Waals surface area contributed by atoms with Crippen LogP contribution in [0.5, 0.6) is 0 Å². The van der Waals surface area contributed by atoms with E-state index in [-0.39, 0.29) is 17.6 Å². The molecule has 1 aromatic heterocycles. The molecule has 25 heavy (non-hydrogen) atoms. The van der Waals surface area contributed by atoms with Crippen molar-refractivity contribution in [1.82, 2.24) is 20.1 Å². The monoisotopic (exact) mass is 375 g/mol. The molecule has 0 bridgehead atoms. The van der Waals surface area contributed by atoms with Crippen LogP contribution in [0.4, 0.5) is 0 Å². The van der Waals surface area contributed by atoms with E-state index >= 15 is 0 Å². The third kappa shape index (κ3) is 3.80. The van der Waals surface area contributed by atoms with Gasteiger partial charge in [-0.25, -0.2) is 0 Å². The van der Waals surface area contributed by atoms with E-state index in [1.54, 1.807) is 13.0 Å². The first-order chi connectivity index (χ1) is 11.9. The molecule has 8 heteroatoms. The highest BCUT2D eigenvalue weighted by molar-refractivity contribution is 7.99. The molecule has 130 valence electrons. The van der Waals surface area contributed by atoms with E-state index in [2.05, 4.69) is 21.6 Å². The van der Waals surface area contributed by atoms with Gasteiger partial charge in [-0.2, -0.15) is 5.26 Å². The van der Waals surface area contributed by atoms with Gasteiger partial charge in [0.25, 0.3) is 0 Å². The van der Waals surface area contributed by atoms with Gasteiger partial charge in [0, 0.05) is 12.6 Å². The molecule has 1 fully saturated rings. The maximum Gasteiger partial charge on any atom is 0.231 e. The third-order valence-electron chi connectivity index (χ3n) is 4.31. The highest BCUT2D eigenvalue weighted by atomic mass is 35.5. The van der Waals surface area contributed by atoms with Gasteiger partial charge in [-0.15, -0.1) is 10.2 Å². The normalized spacial score (nSPS) is 16.1. The van der Waals surface area contributed by atoms with E-state index in [0.717, 1.165) is 18.4 Å². The van der Waals surface area contributed by atoms with E-state index < -0.39 is 5.54 Å². The molecule has 0 unspecified atom stereocenters. The molecular weight excluding hydrogens is 358 g/mol. The molecule has 3 rings (SSSR count). The summed E-state index contributed by atoms with van der Waals surface area (Å²) in [5.74, 6) is 0.906. The number of hydrogen-bond acceptors (Lipinski definition) is 5. The van der Waals surface area contributed by atoms with Crippen LogP contribution >= 0.6 is 23.4 Å². The standard InChI is InChI=1S/C17H18ClN5OS/c1-17(10-19,11-7-8-11)20-14(24)9-25-16-22-21-15(23(16)2)12-5-3-4-6-13(12)18/h3-6,11H,7-9H2,1-2H3,(H,20,24)/t17-/m1/s1. The van der Waals surface area contributed by atoms with E-state index in [1.165, 1.54) is 11.8 Å². The Labute approximate surface area is 155 Å². The second-order valence-electron chi connectivity index (χ2n) is 6.27. The average molecular weight is 376 g/mol. The van der Waals surface area contributed by atoms with E-state index in [0.29, 0.717) is 16.0 Å². The van der Waals surface area contributed by atoms with Crippen LogP contribution in [-0.2, 0) is 11.8 Å². The van der Waals surface area contributed by atoms with Crippen molar-refractivity contribution < 1.29 is 4.79 Å². The largest absolute Gasteiger partial charge is 0.337 e. The van der Waals surface area contributed by atoms with Gasteiger partial charge in [0.1, 0.15) is 5.54 Å². The summed E-state index contributed by atoms with van der Waals surface area (Å²) in [7, 11) is 1.84. The lowest BCUT2D eigenvalue weighted by molar-refractivity contribution is -0.119. The molecule has 1 aliphatic carbocycles. The molecule has 0 aliphatic heterocycles. The zero-order valence-corrected chi connectivity index (χ0v) is 15.6. The van der Waals surface area contributed by atoms with Crippen LogP contribution in [0.2, 0.25) is 5.02 Å². The second kappa shape index (κ2) is 7.06. The molecule has 2 aromatic rings. The number of amides is 1. The maximum atomic E-state index is 12.2. The summed E-state index contributed by atoms with van der Waals surface area (Å²) in [5, 5.41) is 21.7. The first-order valence-electron chi connectivity index (χ1n) is 7.94. The molecule has 1 heterocycles. The number of nitrogens with zero attached hydrogens (tertiary/aromatic N) is 4. The molecule has 0 spiro atoms. The van der Waals surface area contributed by atoms with Gasteiger partial charge in [0.05, 0.1) is 16.8 Å². The maximum absolute atomic E-state index is 12.2. The topological polar surface area (TPSA) is 83.6 Å². The first kappa shape index (κ1) is 17.8. The predicted octanol–water partition coefficient (Wildman–Crippen LogP) is 3.04. The minimum Gasteiger partial charge on any atom is -0.337 e. The van der Waals surface area contributed by atoms with Crippen LogP contribution in [-0.4, -0.2) is 32.0 Å². The zero-order chi connectivity index (χ0) is 18.0. The van der Waals surface area contributed by atoms with Crippen LogP contribution < -0.4 is 5.32 Å². The van der Waals surface area contributed by atoms with Gasteiger partial charge >= 0.3 is 0 Å². The molecule has 1 atom stereocenters. The van der Waals surface area contributed by atoms with Gasteiger partial charge in [0.15, 0.2) is 11.0 Å². The Kier molecular flexibility index (Phi) is 5.02. The van der Waals surface area contributed by atoms with E-state index in [1.807, 2.05) is 29.8 Å². The number of aromatic nitrogens is 3. The van der Waals surface area contributed by atoms with Crippen molar-refractivity contribution in [3.05, 3.63) is 29.3 Å². The molecule has 1 aliphatic rings. The zero-order valence-electron chi connectivity index (χ0n) is 14.0. The van der Waals surface area contributed by atoms with E-state index in [9.17, 15) is 10.1 Å². The lowest BCUT2D eigenvalue weighted by Crippen LogP contribution is -2.47. The van der Waals surface area contributed by atoms with Crippen LogP contribution in [0.3, 0.4) is 0 Å². The molecular formula is C17H18ClN5OS. The van der Waals surface area contributed by atoms with Crippen molar-refractivity contribution in [2.24, 2.45) is 13.0 Å². The fraction of sp³-hybridized carbons (Fsp3) is 0.412. The number of carbonyl (C=O) groups excluding carboxylic acids is 1. The SMILES string of the molecule is Cn1c(SCC(=O)N[C@](C)(C#N)C2CC2)nnc1-c1ccccc1Cl. The Morgan fingerprint density at radius 1 is 1.48 bits per heavy atom. The summed E-state index contributed by atoms with van der Waals surface area (Å²) in [6.45, 7) is 1.78. The molecule has 1 N–H and O–H groups in total. The van der Waals surface area contributed by atoms with Crippen molar-refractivity contribution in [3.63, 3.8) is 0 Å². The summed E-state index contributed by atoms with van der Waals surface area (Å²) in [4.78, 5) is 12.2. The van der Waals surface area contributed by atoms with Gasteiger partial charge in [0.2, 0.25) is 5.91 Å². The fourth-order valence-corrected chi connectivity index (χ4v) is 3.59. The van der Waals surface area contributed by atoms with Gasteiger partial charge < -0.3 is 9.88 Å². The quantitative estimate of drug-likeness (QED) is 0.784. The highest BCUT2D eigenvalue weighted by Gasteiger charge is 2.42. The van der Waals surface area contributed by atoms with Crippen molar-refractivity contribution in [2.75, 3.05) is 5.75 Å². The smallest absolute Gasteiger partial charge is 0.231 e. The van der Waals surface area contributed by atoms with Crippen molar-refractivity contribution in [2.45, 2.75) is 30.5 Å². The number of carbonyl (C=O) groups is 1. The average Bonchev–Trinajstić information content (AvgIpc) is 3.39. The summed E-state index contributed by atoms with van der Waals surface area (Å²) < 4.78 is 1.81. The summed E-state index contributed by atoms with van der Waals surface area (Å²) in [5.41, 5.74) is 0.0153. The number of nitriles is 1. The fourth-order valence-electron chi connectivity index (χ4n) is 2.66.